The summed E-state index contributed by atoms with van der Waals surface area (Å²) < 4.78 is 18.8. The van der Waals surface area contributed by atoms with Crippen LogP contribution in [0.3, 0.4) is 0 Å². The molecule has 0 spiro atoms. The van der Waals surface area contributed by atoms with Gasteiger partial charge in [-0.05, 0) is 38.8 Å². The summed E-state index contributed by atoms with van der Waals surface area (Å²) in [5.74, 6) is 0.857. The molecule has 0 atom stereocenters. The molecule has 1 saturated carbocycles. The summed E-state index contributed by atoms with van der Waals surface area (Å²) in [6, 6.07) is 0. The summed E-state index contributed by atoms with van der Waals surface area (Å²) >= 11 is 0. The Kier molecular flexibility index (Phi) is 2.08. The van der Waals surface area contributed by atoms with E-state index >= 15 is 0 Å². The van der Waals surface area contributed by atoms with Crippen LogP contribution in [0.4, 0.5) is 4.39 Å². The molecule has 0 aromatic carbocycles. The molecule has 1 N–H and O–H groups in total. The number of nitrogens with one attached hydrogen (secondary N) is 1. The fourth-order valence-corrected chi connectivity index (χ4v) is 2.18. The van der Waals surface area contributed by atoms with E-state index in [1.807, 2.05) is 0 Å². The third-order valence-corrected chi connectivity index (χ3v) is 3.75. The molecule has 2 heterocycles. The lowest BCUT2D eigenvalue weighted by Crippen LogP contribution is -2.38. The number of hydrogen-bond acceptors (Lipinski definition) is 4. The van der Waals surface area contributed by atoms with Crippen LogP contribution in [-0.2, 0) is 11.1 Å². The summed E-state index contributed by atoms with van der Waals surface area (Å²) in [6.45, 7) is 4.04. The molecule has 16 heavy (non-hydrogen) atoms. The first-order valence-corrected chi connectivity index (χ1v) is 5.87. The first-order valence-electron chi connectivity index (χ1n) is 5.87. The Balaban J connectivity index is 1.85. The van der Waals surface area contributed by atoms with Crippen molar-refractivity contribution in [1.29, 1.82) is 0 Å². The molecule has 1 aromatic rings. The molecular weight excluding hydrogens is 209 g/mol. The van der Waals surface area contributed by atoms with Crippen LogP contribution in [0.25, 0.3) is 0 Å². The zero-order chi connectivity index (χ0) is 11.2. The first kappa shape index (κ1) is 10.2. The van der Waals surface area contributed by atoms with Crippen LogP contribution in [-0.4, -0.2) is 23.2 Å². The van der Waals surface area contributed by atoms with Crippen LogP contribution in [0.2, 0.25) is 0 Å². The van der Waals surface area contributed by atoms with E-state index in [-0.39, 0.29) is 11.3 Å². The Hall–Kier alpha value is -0.970. The smallest absolute Gasteiger partial charge is 0.264 e. The van der Waals surface area contributed by atoms with Crippen molar-refractivity contribution in [3.8, 4) is 0 Å². The zero-order valence-corrected chi connectivity index (χ0v) is 9.42. The van der Waals surface area contributed by atoms with Crippen LogP contribution in [0.1, 0.15) is 44.3 Å². The fraction of sp³-hybridized carbons (Fsp3) is 0.818. The molecule has 3 rings (SSSR count). The number of halogens is 1. The molecule has 1 aliphatic heterocycles. The average Bonchev–Trinajstić information content (AvgIpc) is 2.84. The molecule has 2 fully saturated rings. The molecule has 1 aliphatic carbocycles. The van der Waals surface area contributed by atoms with E-state index in [2.05, 4.69) is 22.4 Å². The lowest BCUT2D eigenvalue weighted by Gasteiger charge is -2.30. The molecule has 0 bridgehead atoms. The molecule has 1 aromatic heterocycles. The lowest BCUT2D eigenvalue weighted by molar-refractivity contribution is 0.223. The Bertz CT molecular complexity index is 394. The van der Waals surface area contributed by atoms with Gasteiger partial charge in [0.1, 0.15) is 0 Å². The van der Waals surface area contributed by atoms with Crippen molar-refractivity contribution in [2.75, 3.05) is 13.1 Å². The molecule has 5 heteroatoms. The number of alkyl halides is 1. The normalized spacial score (nSPS) is 26.6. The predicted molar refractivity (Wildman–Crippen MR) is 55.8 cm³/mol. The molecule has 0 amide bonds. The average molecular weight is 225 g/mol. The summed E-state index contributed by atoms with van der Waals surface area (Å²) in [5, 5.41) is 7.26. The minimum Gasteiger partial charge on any atom is -0.336 e. The number of rotatable bonds is 2. The maximum Gasteiger partial charge on any atom is 0.264 e. The van der Waals surface area contributed by atoms with Gasteiger partial charge in [-0.1, -0.05) is 12.1 Å². The third-order valence-electron chi connectivity index (χ3n) is 3.75. The van der Waals surface area contributed by atoms with Crippen molar-refractivity contribution >= 4 is 0 Å². The lowest BCUT2D eigenvalue weighted by atomic mass is 9.80. The van der Waals surface area contributed by atoms with E-state index in [1.54, 1.807) is 0 Å². The van der Waals surface area contributed by atoms with Gasteiger partial charge < -0.3 is 9.84 Å². The standard InChI is InChI=1S/C11H16FN3O/c1-10(4-6-13-7-5-10)8-14-9(16-15-8)11(12)2-3-11/h13H,2-7H2,1H3. The van der Waals surface area contributed by atoms with Crippen LogP contribution < -0.4 is 5.32 Å². The molecule has 0 unspecified atom stereocenters. The van der Waals surface area contributed by atoms with Crippen molar-refractivity contribution in [1.82, 2.24) is 15.5 Å². The second kappa shape index (κ2) is 3.26. The highest BCUT2D eigenvalue weighted by Crippen LogP contribution is 2.49. The third kappa shape index (κ3) is 1.54. The van der Waals surface area contributed by atoms with Crippen molar-refractivity contribution in [2.24, 2.45) is 0 Å². The van der Waals surface area contributed by atoms with E-state index in [0.29, 0.717) is 18.7 Å². The van der Waals surface area contributed by atoms with Gasteiger partial charge in [0.2, 0.25) is 0 Å². The van der Waals surface area contributed by atoms with Gasteiger partial charge in [-0.15, -0.1) is 0 Å². The van der Waals surface area contributed by atoms with Gasteiger partial charge in [-0.2, -0.15) is 4.98 Å². The number of nitrogens with zero attached hydrogens (tertiary/aromatic N) is 2. The topological polar surface area (TPSA) is 51.0 Å². The molecule has 2 aliphatic rings. The van der Waals surface area contributed by atoms with Gasteiger partial charge >= 0.3 is 0 Å². The molecule has 0 radical (unpaired) electrons. The summed E-state index contributed by atoms with van der Waals surface area (Å²) in [7, 11) is 0. The van der Waals surface area contributed by atoms with E-state index in [9.17, 15) is 4.39 Å². The van der Waals surface area contributed by atoms with Gasteiger partial charge in [0.25, 0.3) is 5.89 Å². The SMILES string of the molecule is CC1(c2noc(C3(F)CC3)n2)CCNCC1. The van der Waals surface area contributed by atoms with Gasteiger partial charge in [0.15, 0.2) is 11.5 Å². The second-order valence-electron chi connectivity index (χ2n) is 5.20. The Morgan fingerprint density at radius 1 is 1.25 bits per heavy atom. The molecule has 1 saturated heterocycles. The van der Waals surface area contributed by atoms with Crippen molar-refractivity contribution in [2.45, 2.75) is 43.7 Å². The molecular formula is C11H16FN3O. The van der Waals surface area contributed by atoms with Crippen molar-refractivity contribution < 1.29 is 8.91 Å². The molecule has 4 nitrogen and oxygen atoms in total. The number of hydrogen-bond donors (Lipinski definition) is 1. The predicted octanol–water partition coefficient (Wildman–Crippen LogP) is 1.67. The van der Waals surface area contributed by atoms with Gasteiger partial charge in [0.05, 0.1) is 0 Å². The number of piperidine rings is 1. The second-order valence-corrected chi connectivity index (χ2v) is 5.20. The molecule has 88 valence electrons. The Labute approximate surface area is 93.6 Å². The van der Waals surface area contributed by atoms with Crippen molar-refractivity contribution in [3.63, 3.8) is 0 Å². The Morgan fingerprint density at radius 3 is 2.56 bits per heavy atom. The Morgan fingerprint density at radius 2 is 1.94 bits per heavy atom. The summed E-state index contributed by atoms with van der Waals surface area (Å²) in [5.41, 5.74) is -1.37. The van der Waals surface area contributed by atoms with Crippen LogP contribution in [0.5, 0.6) is 0 Å². The zero-order valence-electron chi connectivity index (χ0n) is 9.42. The fourth-order valence-electron chi connectivity index (χ4n) is 2.18. The highest BCUT2D eigenvalue weighted by molar-refractivity contribution is 5.13. The van der Waals surface area contributed by atoms with E-state index in [1.165, 1.54) is 0 Å². The maximum atomic E-state index is 13.7. The maximum absolute atomic E-state index is 13.7. The minimum absolute atomic E-state index is 0.0573. The van der Waals surface area contributed by atoms with Gasteiger partial charge in [0, 0.05) is 5.41 Å². The minimum atomic E-state index is -1.31. The summed E-state index contributed by atoms with van der Waals surface area (Å²) in [4.78, 5) is 4.26. The van der Waals surface area contributed by atoms with Crippen LogP contribution in [0.15, 0.2) is 4.52 Å². The van der Waals surface area contributed by atoms with Crippen LogP contribution in [0, 0.1) is 0 Å². The highest BCUT2D eigenvalue weighted by Gasteiger charge is 2.51. The van der Waals surface area contributed by atoms with E-state index in [0.717, 1.165) is 25.9 Å². The van der Waals surface area contributed by atoms with Gasteiger partial charge in [-0.25, -0.2) is 4.39 Å². The number of aromatic nitrogens is 2. The highest BCUT2D eigenvalue weighted by atomic mass is 19.1. The van der Waals surface area contributed by atoms with Crippen LogP contribution >= 0.6 is 0 Å². The van der Waals surface area contributed by atoms with E-state index in [4.69, 9.17) is 4.52 Å². The summed E-state index contributed by atoms with van der Waals surface area (Å²) in [6.07, 6.45) is 3.00. The quantitative estimate of drug-likeness (QED) is 0.831. The van der Waals surface area contributed by atoms with Crippen molar-refractivity contribution in [3.05, 3.63) is 11.7 Å². The largest absolute Gasteiger partial charge is 0.336 e. The first-order chi connectivity index (χ1) is 7.62. The van der Waals surface area contributed by atoms with Gasteiger partial charge in [-0.3, -0.25) is 0 Å². The van der Waals surface area contributed by atoms with E-state index < -0.39 is 5.67 Å². The monoisotopic (exact) mass is 225 g/mol.